The molecule has 1 heterocycles. The van der Waals surface area contributed by atoms with Gasteiger partial charge in [-0.05, 0) is 67.8 Å². The summed E-state index contributed by atoms with van der Waals surface area (Å²) in [5.74, 6) is 2.00. The second kappa shape index (κ2) is 7.07. The Kier molecular flexibility index (Phi) is 4.48. The number of allylic oxidation sites excluding steroid dienone is 3. The van der Waals surface area contributed by atoms with Gasteiger partial charge in [0.25, 0.3) is 0 Å². The van der Waals surface area contributed by atoms with Crippen LogP contribution in [-0.2, 0) is 9.53 Å². The molecule has 1 aromatic heterocycles. The van der Waals surface area contributed by atoms with Gasteiger partial charge in [-0.15, -0.1) is 0 Å². The highest BCUT2D eigenvalue weighted by Gasteiger charge is 2.57. The predicted molar refractivity (Wildman–Crippen MR) is 127 cm³/mol. The number of aromatic nitrogens is 2. The summed E-state index contributed by atoms with van der Waals surface area (Å²) in [6, 6.07) is 8.57. The van der Waals surface area contributed by atoms with E-state index in [4.69, 9.17) is 9.84 Å². The Morgan fingerprint density at radius 2 is 1.88 bits per heavy atom. The number of hydrogen-bond donors (Lipinski definition) is 0. The maximum atomic E-state index is 11.5. The lowest BCUT2D eigenvalue weighted by atomic mass is 9.48. The van der Waals surface area contributed by atoms with Gasteiger partial charge in [-0.3, -0.25) is 4.79 Å². The number of para-hydroxylation sites is 1. The molecule has 6 atom stereocenters. The predicted octanol–water partition coefficient (Wildman–Crippen LogP) is 6.38. The number of benzene rings is 1. The first kappa shape index (κ1) is 20.3. The van der Waals surface area contributed by atoms with Crippen LogP contribution in [0.25, 0.3) is 16.6 Å². The number of carbonyl (C=O) groups is 1. The molecule has 0 N–H and O–H groups in total. The molecule has 0 radical (unpaired) electrons. The van der Waals surface area contributed by atoms with Gasteiger partial charge in [-0.2, -0.15) is 5.10 Å². The third-order valence-electron chi connectivity index (χ3n) is 9.64. The first-order valence-corrected chi connectivity index (χ1v) is 12.4. The second-order valence-corrected chi connectivity index (χ2v) is 11.1. The summed E-state index contributed by atoms with van der Waals surface area (Å²) in [7, 11) is 0. The van der Waals surface area contributed by atoms with Gasteiger partial charge in [0.1, 0.15) is 6.10 Å². The summed E-state index contributed by atoms with van der Waals surface area (Å²) in [5.41, 5.74) is 4.66. The van der Waals surface area contributed by atoms with Gasteiger partial charge in [-0.25, -0.2) is 4.68 Å². The third-order valence-corrected chi connectivity index (χ3v) is 9.64. The van der Waals surface area contributed by atoms with Crippen LogP contribution in [-0.4, -0.2) is 21.9 Å². The molecule has 0 aliphatic heterocycles. The van der Waals surface area contributed by atoms with Gasteiger partial charge >= 0.3 is 5.97 Å². The monoisotopic (exact) mass is 430 g/mol. The molecule has 2 aromatic rings. The van der Waals surface area contributed by atoms with Crippen LogP contribution in [0.3, 0.4) is 0 Å². The highest BCUT2D eigenvalue weighted by molar-refractivity contribution is 5.82. The maximum absolute atomic E-state index is 11.5. The van der Waals surface area contributed by atoms with Crippen molar-refractivity contribution in [2.24, 2.45) is 28.6 Å². The smallest absolute Gasteiger partial charge is 0.302 e. The zero-order valence-corrected chi connectivity index (χ0v) is 19.5. The fourth-order valence-corrected chi connectivity index (χ4v) is 8.00. The minimum absolute atomic E-state index is 0.0741. The standard InChI is InChI=1S/C28H34N2O2/c1-18(31)32-21-12-14-27(2)20(16-21)8-9-22-23-10-11-26(28(23,3)15-13-24(22)27)30-25-7-5-4-6-19(25)17-29-30/h4-8,11,17,21-24H,9-10,12-16H2,1-3H3/t21-,22-,23-,24-,27-,28-/m0/s1. The zero-order chi connectivity index (χ0) is 22.1. The minimum Gasteiger partial charge on any atom is -0.462 e. The normalized spacial score (nSPS) is 38.3. The molecule has 4 nitrogen and oxygen atoms in total. The lowest BCUT2D eigenvalue weighted by Gasteiger charge is -2.57. The lowest BCUT2D eigenvalue weighted by Crippen LogP contribution is -2.50. The van der Waals surface area contributed by atoms with E-state index < -0.39 is 0 Å². The number of fused-ring (bicyclic) bond motifs is 6. The Morgan fingerprint density at radius 3 is 2.72 bits per heavy atom. The van der Waals surface area contributed by atoms with Crippen LogP contribution in [0.15, 0.2) is 48.2 Å². The SMILES string of the molecule is CC(=O)O[C@H]1CC[C@@]2(C)C(=CC[C@@H]3[C@@H]2CC[C@]2(C)C(n4ncc5ccccc54)=CC[C@@H]32)C1. The molecule has 32 heavy (non-hydrogen) atoms. The van der Waals surface area contributed by atoms with Gasteiger partial charge < -0.3 is 4.74 Å². The van der Waals surface area contributed by atoms with Crippen molar-refractivity contribution in [2.75, 3.05) is 0 Å². The van der Waals surface area contributed by atoms with Crippen LogP contribution in [0.5, 0.6) is 0 Å². The molecule has 0 bridgehead atoms. The van der Waals surface area contributed by atoms with Gasteiger partial charge in [-0.1, -0.05) is 49.8 Å². The number of rotatable bonds is 2. The van der Waals surface area contributed by atoms with E-state index in [1.54, 1.807) is 5.57 Å². The van der Waals surface area contributed by atoms with Crippen LogP contribution in [0.1, 0.15) is 65.7 Å². The Bertz CT molecular complexity index is 1140. The number of nitrogens with zero attached hydrogens (tertiary/aromatic N) is 2. The molecule has 2 saturated carbocycles. The fourth-order valence-electron chi connectivity index (χ4n) is 8.00. The van der Waals surface area contributed by atoms with Crippen LogP contribution < -0.4 is 0 Å². The van der Waals surface area contributed by atoms with E-state index in [0.717, 1.165) is 37.5 Å². The molecule has 0 spiro atoms. The van der Waals surface area contributed by atoms with E-state index in [2.05, 4.69) is 54.9 Å². The maximum Gasteiger partial charge on any atom is 0.302 e. The van der Waals surface area contributed by atoms with Gasteiger partial charge in [0, 0.05) is 29.8 Å². The third kappa shape index (κ3) is 2.80. The van der Waals surface area contributed by atoms with Crippen molar-refractivity contribution in [1.82, 2.24) is 9.78 Å². The van der Waals surface area contributed by atoms with Crippen molar-refractivity contribution >= 4 is 22.6 Å². The van der Waals surface area contributed by atoms with Gasteiger partial charge in [0.15, 0.2) is 0 Å². The number of carbonyl (C=O) groups excluding carboxylic acids is 1. The van der Waals surface area contributed by atoms with E-state index >= 15 is 0 Å². The van der Waals surface area contributed by atoms with Crippen molar-refractivity contribution in [3.63, 3.8) is 0 Å². The largest absolute Gasteiger partial charge is 0.462 e. The molecule has 6 rings (SSSR count). The molecular formula is C28H34N2O2. The first-order chi connectivity index (χ1) is 15.4. The van der Waals surface area contributed by atoms with Gasteiger partial charge in [0.05, 0.1) is 11.7 Å². The van der Waals surface area contributed by atoms with Crippen molar-refractivity contribution in [1.29, 1.82) is 0 Å². The Morgan fingerprint density at radius 1 is 1.06 bits per heavy atom. The van der Waals surface area contributed by atoms with Crippen LogP contribution in [0.4, 0.5) is 0 Å². The topological polar surface area (TPSA) is 44.1 Å². The molecule has 0 amide bonds. The van der Waals surface area contributed by atoms with Crippen molar-refractivity contribution < 1.29 is 9.53 Å². The Balaban J connectivity index is 1.30. The first-order valence-electron chi connectivity index (χ1n) is 12.4. The van der Waals surface area contributed by atoms with E-state index in [1.165, 1.54) is 42.8 Å². The highest BCUT2D eigenvalue weighted by Crippen LogP contribution is 2.65. The van der Waals surface area contributed by atoms with E-state index in [-0.39, 0.29) is 22.9 Å². The summed E-state index contributed by atoms with van der Waals surface area (Å²) in [6.45, 7) is 6.55. The molecule has 2 fully saturated rings. The molecular weight excluding hydrogens is 396 g/mol. The number of ether oxygens (including phenoxy) is 1. The van der Waals surface area contributed by atoms with E-state index in [9.17, 15) is 4.79 Å². The molecule has 0 saturated heterocycles. The molecule has 168 valence electrons. The molecule has 4 heteroatoms. The summed E-state index contributed by atoms with van der Waals surface area (Å²) < 4.78 is 7.83. The quantitative estimate of drug-likeness (QED) is 0.410. The van der Waals surface area contributed by atoms with E-state index in [1.807, 2.05) is 6.20 Å². The number of esters is 1. The van der Waals surface area contributed by atoms with Gasteiger partial charge in [0.2, 0.25) is 0 Å². The van der Waals surface area contributed by atoms with Crippen LogP contribution in [0, 0.1) is 28.6 Å². The zero-order valence-electron chi connectivity index (χ0n) is 19.5. The average molecular weight is 431 g/mol. The van der Waals surface area contributed by atoms with Crippen molar-refractivity contribution in [3.05, 3.63) is 48.2 Å². The fraction of sp³-hybridized carbons (Fsp3) is 0.571. The Labute approximate surface area is 190 Å². The number of hydrogen-bond acceptors (Lipinski definition) is 3. The summed E-state index contributed by atoms with van der Waals surface area (Å²) in [6.07, 6.45) is 15.0. The van der Waals surface area contributed by atoms with Crippen LogP contribution in [0.2, 0.25) is 0 Å². The van der Waals surface area contributed by atoms with Crippen molar-refractivity contribution in [3.8, 4) is 0 Å². The van der Waals surface area contributed by atoms with Crippen molar-refractivity contribution in [2.45, 2.75) is 71.8 Å². The minimum atomic E-state index is -0.142. The molecule has 4 aliphatic carbocycles. The lowest BCUT2D eigenvalue weighted by molar-refractivity contribution is -0.148. The van der Waals surface area contributed by atoms with Crippen LogP contribution >= 0.6 is 0 Å². The molecule has 0 unspecified atom stereocenters. The average Bonchev–Trinajstić information content (AvgIpc) is 3.34. The summed E-state index contributed by atoms with van der Waals surface area (Å²) in [5, 5.41) is 6.04. The highest BCUT2D eigenvalue weighted by atomic mass is 16.5. The van der Waals surface area contributed by atoms with E-state index in [0.29, 0.717) is 5.92 Å². The Hall–Kier alpha value is -2.36. The summed E-state index contributed by atoms with van der Waals surface area (Å²) in [4.78, 5) is 11.5. The summed E-state index contributed by atoms with van der Waals surface area (Å²) >= 11 is 0. The molecule has 1 aromatic carbocycles. The molecule has 4 aliphatic rings. The second-order valence-electron chi connectivity index (χ2n) is 11.1.